The van der Waals surface area contributed by atoms with Gasteiger partial charge in [-0.1, -0.05) is 185 Å². The summed E-state index contributed by atoms with van der Waals surface area (Å²) >= 11 is 0. The molecular formula is C64H50N2. The van der Waals surface area contributed by atoms with Gasteiger partial charge in [-0.05, 0) is 140 Å². The van der Waals surface area contributed by atoms with Gasteiger partial charge in [0.2, 0.25) is 0 Å². The number of anilines is 3. The van der Waals surface area contributed by atoms with Crippen molar-refractivity contribution in [2.75, 3.05) is 4.90 Å². The fourth-order valence-corrected chi connectivity index (χ4v) is 10.7. The van der Waals surface area contributed by atoms with Gasteiger partial charge in [0.15, 0.2) is 0 Å². The van der Waals surface area contributed by atoms with Crippen LogP contribution in [0.5, 0.6) is 0 Å². The fourth-order valence-electron chi connectivity index (χ4n) is 10.7. The largest absolute Gasteiger partial charge is 0.310 e. The van der Waals surface area contributed by atoms with Gasteiger partial charge >= 0.3 is 0 Å². The molecule has 0 aliphatic heterocycles. The molecule has 0 fully saturated rings. The van der Waals surface area contributed by atoms with Gasteiger partial charge in [-0.2, -0.15) is 0 Å². The van der Waals surface area contributed by atoms with Crippen LogP contribution in [0.1, 0.15) is 43.9 Å². The van der Waals surface area contributed by atoms with Crippen LogP contribution in [-0.2, 0) is 5.41 Å². The third-order valence-corrected chi connectivity index (χ3v) is 14.2. The SMILES string of the molecule is CC1C=CC(c2ccc(N(c3ccc(-c4ccccc4)cc3)c3ccccc3-c3cccc(-c4ccc5c(c4)c4ccccc4n5-c4ccc5c(c4)-c4ccccc4C5(C)C)c3)cc2)=CC1. The second-order valence-corrected chi connectivity index (χ2v) is 18.6. The minimum atomic E-state index is -0.0310. The highest BCUT2D eigenvalue weighted by atomic mass is 15.1. The number of para-hydroxylation sites is 2. The molecular weight excluding hydrogens is 797 g/mol. The zero-order valence-electron chi connectivity index (χ0n) is 37.6. The Morgan fingerprint density at radius 1 is 0.455 bits per heavy atom. The third kappa shape index (κ3) is 6.72. The Hall–Kier alpha value is -7.94. The second kappa shape index (κ2) is 15.9. The van der Waals surface area contributed by atoms with Crippen LogP contribution in [0.25, 0.3) is 77.6 Å². The molecule has 10 aromatic rings. The Morgan fingerprint density at radius 2 is 1.06 bits per heavy atom. The van der Waals surface area contributed by atoms with E-state index in [9.17, 15) is 0 Å². The number of hydrogen-bond acceptors (Lipinski definition) is 1. The van der Waals surface area contributed by atoms with E-state index >= 15 is 0 Å². The van der Waals surface area contributed by atoms with Crippen molar-refractivity contribution in [2.24, 2.45) is 5.92 Å². The molecule has 9 aromatic carbocycles. The first kappa shape index (κ1) is 39.6. The minimum Gasteiger partial charge on any atom is -0.310 e. The zero-order chi connectivity index (χ0) is 44.4. The Bertz CT molecular complexity index is 3530. The first-order valence-electron chi connectivity index (χ1n) is 23.3. The fraction of sp³-hybridized carbons (Fsp3) is 0.0938. The summed E-state index contributed by atoms with van der Waals surface area (Å²) in [7, 11) is 0. The zero-order valence-corrected chi connectivity index (χ0v) is 37.6. The van der Waals surface area contributed by atoms with Gasteiger partial charge in [0.1, 0.15) is 0 Å². The lowest BCUT2D eigenvalue weighted by atomic mass is 9.82. The van der Waals surface area contributed by atoms with Crippen LogP contribution >= 0.6 is 0 Å². The lowest BCUT2D eigenvalue weighted by Gasteiger charge is -2.28. The van der Waals surface area contributed by atoms with Crippen molar-refractivity contribution in [1.29, 1.82) is 0 Å². The molecule has 0 bridgehead atoms. The summed E-state index contributed by atoms with van der Waals surface area (Å²) in [5, 5.41) is 2.50. The monoisotopic (exact) mass is 846 g/mol. The number of fused-ring (bicyclic) bond motifs is 6. The number of benzene rings is 9. The van der Waals surface area contributed by atoms with E-state index in [0.29, 0.717) is 5.92 Å². The molecule has 316 valence electrons. The van der Waals surface area contributed by atoms with Crippen LogP contribution in [0.2, 0.25) is 0 Å². The van der Waals surface area contributed by atoms with Gasteiger partial charge in [-0.3, -0.25) is 0 Å². The highest BCUT2D eigenvalue weighted by molar-refractivity contribution is 6.10. The molecule has 0 amide bonds. The van der Waals surface area contributed by atoms with Crippen molar-refractivity contribution < 1.29 is 0 Å². The molecule has 2 heteroatoms. The van der Waals surface area contributed by atoms with Gasteiger partial charge in [0.05, 0.1) is 16.7 Å². The maximum Gasteiger partial charge on any atom is 0.0541 e. The summed E-state index contributed by atoms with van der Waals surface area (Å²) in [6.45, 7) is 6.97. The van der Waals surface area contributed by atoms with Crippen molar-refractivity contribution >= 4 is 44.4 Å². The van der Waals surface area contributed by atoms with E-state index < -0.39 is 0 Å². The standard InChI is InChI=1S/C64H50N2/c1-43-24-26-45(27-25-43)47-30-35-52(36-31-47)65(51-33-28-46(29-34-51)44-14-5-4-6-15-44)61-22-11-8-18-54(61)50-17-13-16-48(40-50)49-32-39-63-58(41-49)56-20-9-12-23-62(56)66(63)53-37-38-60-57(42-53)55-19-7-10-21-59(55)64(60,2)3/h4-24,26-43H,25H2,1-3H3. The van der Waals surface area contributed by atoms with Crippen molar-refractivity contribution in [3.8, 4) is 50.2 Å². The van der Waals surface area contributed by atoms with Gasteiger partial charge in [0.25, 0.3) is 0 Å². The lowest BCUT2D eigenvalue weighted by molar-refractivity contribution is 0.660. The molecule has 66 heavy (non-hydrogen) atoms. The van der Waals surface area contributed by atoms with E-state index in [1.165, 1.54) is 94.3 Å². The Labute approximate surface area is 388 Å². The number of aromatic nitrogens is 1. The van der Waals surface area contributed by atoms with E-state index in [1.54, 1.807) is 0 Å². The van der Waals surface area contributed by atoms with Crippen LogP contribution in [0.4, 0.5) is 17.1 Å². The van der Waals surface area contributed by atoms with E-state index in [4.69, 9.17) is 0 Å². The van der Waals surface area contributed by atoms with Crippen LogP contribution < -0.4 is 4.90 Å². The normalized spacial score (nSPS) is 14.8. The predicted octanol–water partition coefficient (Wildman–Crippen LogP) is 17.5. The van der Waals surface area contributed by atoms with Gasteiger partial charge in [-0.15, -0.1) is 0 Å². The van der Waals surface area contributed by atoms with Crippen molar-refractivity contribution in [1.82, 2.24) is 4.57 Å². The second-order valence-electron chi connectivity index (χ2n) is 18.6. The summed E-state index contributed by atoms with van der Waals surface area (Å²) in [5.41, 5.74) is 22.0. The maximum atomic E-state index is 2.45. The maximum absolute atomic E-state index is 2.45. The molecule has 0 saturated carbocycles. The Kier molecular flexibility index (Phi) is 9.57. The minimum absolute atomic E-state index is 0.0310. The van der Waals surface area contributed by atoms with E-state index in [0.717, 1.165) is 23.5 Å². The summed E-state index contributed by atoms with van der Waals surface area (Å²) in [4.78, 5) is 2.41. The van der Waals surface area contributed by atoms with E-state index in [1.807, 2.05) is 0 Å². The first-order chi connectivity index (χ1) is 32.4. The number of nitrogens with zero attached hydrogens (tertiary/aromatic N) is 2. The van der Waals surface area contributed by atoms with Crippen LogP contribution in [-0.4, -0.2) is 4.57 Å². The van der Waals surface area contributed by atoms with E-state index in [2.05, 4.69) is 261 Å². The first-order valence-corrected chi connectivity index (χ1v) is 23.3. The summed E-state index contributed by atoms with van der Waals surface area (Å²) in [5.74, 6) is 0.579. The van der Waals surface area contributed by atoms with Gasteiger partial charge in [0, 0.05) is 38.8 Å². The quantitative estimate of drug-likeness (QED) is 0.148. The number of hydrogen-bond donors (Lipinski definition) is 0. The number of allylic oxidation sites excluding steroid dienone is 4. The summed E-state index contributed by atoms with van der Waals surface area (Å²) in [6.07, 6.45) is 8.03. The molecule has 0 saturated heterocycles. The third-order valence-electron chi connectivity index (χ3n) is 14.2. The Balaban J connectivity index is 0.943. The molecule has 2 nitrogen and oxygen atoms in total. The highest BCUT2D eigenvalue weighted by Gasteiger charge is 2.35. The molecule has 0 N–H and O–H groups in total. The average molecular weight is 847 g/mol. The molecule has 1 heterocycles. The van der Waals surface area contributed by atoms with E-state index in [-0.39, 0.29) is 5.41 Å². The summed E-state index contributed by atoms with van der Waals surface area (Å²) in [6, 6.07) is 78.5. The smallest absolute Gasteiger partial charge is 0.0541 e. The van der Waals surface area contributed by atoms with Crippen LogP contribution in [0, 0.1) is 5.92 Å². The van der Waals surface area contributed by atoms with Crippen LogP contribution in [0.15, 0.2) is 231 Å². The molecule has 0 radical (unpaired) electrons. The molecule has 1 aromatic heterocycles. The Morgan fingerprint density at radius 3 is 1.85 bits per heavy atom. The molecule has 1 atom stereocenters. The predicted molar refractivity (Wildman–Crippen MR) is 280 cm³/mol. The van der Waals surface area contributed by atoms with Gasteiger partial charge < -0.3 is 9.47 Å². The van der Waals surface area contributed by atoms with Crippen molar-refractivity contribution in [2.45, 2.75) is 32.6 Å². The molecule has 12 rings (SSSR count). The topological polar surface area (TPSA) is 8.17 Å². The molecule has 2 aliphatic rings. The summed E-state index contributed by atoms with van der Waals surface area (Å²) < 4.78 is 2.45. The van der Waals surface area contributed by atoms with Gasteiger partial charge in [-0.25, -0.2) is 0 Å². The molecule has 1 unspecified atom stereocenters. The highest BCUT2D eigenvalue weighted by Crippen LogP contribution is 2.50. The molecule has 2 aliphatic carbocycles. The molecule has 0 spiro atoms. The van der Waals surface area contributed by atoms with Crippen LogP contribution in [0.3, 0.4) is 0 Å². The van der Waals surface area contributed by atoms with Crippen molar-refractivity contribution in [3.05, 3.63) is 247 Å². The average Bonchev–Trinajstić information content (AvgIpc) is 3.82. The lowest BCUT2D eigenvalue weighted by Crippen LogP contribution is -2.14. The van der Waals surface area contributed by atoms with Crippen molar-refractivity contribution in [3.63, 3.8) is 0 Å². The number of rotatable bonds is 8.